The van der Waals surface area contributed by atoms with Gasteiger partial charge in [0, 0.05) is 41.0 Å². The Hall–Kier alpha value is -4.20. The van der Waals surface area contributed by atoms with Crippen molar-refractivity contribution >= 4 is 50.1 Å². The second kappa shape index (κ2) is 15.3. The van der Waals surface area contributed by atoms with E-state index in [9.17, 15) is 27.6 Å². The average Bonchev–Trinajstić information content (AvgIpc) is 4.08. The van der Waals surface area contributed by atoms with Gasteiger partial charge in [-0.15, -0.1) is 0 Å². The van der Waals surface area contributed by atoms with Crippen molar-refractivity contribution in [2.45, 2.75) is 115 Å². The Kier molecular flexibility index (Phi) is 9.87. The van der Waals surface area contributed by atoms with E-state index in [2.05, 4.69) is 21.5 Å². The molecule has 7 atom stereocenters. The molecule has 3 fully saturated rings. The minimum absolute atomic E-state index is 0.0370. The Morgan fingerprint density at radius 3 is 2.66 bits per heavy atom. The molecule has 2 aliphatic carbocycles. The zero-order valence-electron chi connectivity index (χ0n) is 35.9. The van der Waals surface area contributed by atoms with E-state index >= 15 is 0 Å². The number of nitrogens with zero attached hydrogens (tertiary/aromatic N) is 3. The average molecular weight is 796 g/mol. The van der Waals surface area contributed by atoms with E-state index in [-0.39, 0.29) is 49.4 Å². The highest BCUT2D eigenvalue weighted by Gasteiger charge is 2.61. The maximum absolute atomic E-state index is 15.0. The lowest BCUT2D eigenvalue weighted by Gasteiger charge is -2.32. The number of carbonyl (C=O) groups is 4. The van der Waals surface area contributed by atoms with Gasteiger partial charge in [-0.25, -0.2) is 13.4 Å². The molecule has 0 radical (unpaired) electrons. The molecule has 56 heavy (non-hydrogen) atoms. The van der Waals surface area contributed by atoms with Gasteiger partial charge < -0.3 is 24.0 Å². The third kappa shape index (κ3) is 8.40. The number of allylic oxidation sites excluding steroid dienone is 2. The topological polar surface area (TPSA) is 162 Å². The second-order valence-electron chi connectivity index (χ2n) is 17.3. The molecule has 0 unspecified atom stereocenters. The van der Waals surface area contributed by atoms with E-state index < -0.39 is 81.2 Å². The van der Waals surface area contributed by atoms with E-state index in [1.54, 1.807) is 6.20 Å². The van der Waals surface area contributed by atoms with Gasteiger partial charge in [-0.1, -0.05) is 26.0 Å². The molecule has 2 aromatic rings. The minimum Gasteiger partial charge on any atom is -0.489 e. The summed E-state index contributed by atoms with van der Waals surface area (Å²) in [6, 6.07) is 4.61. The number of benzene rings is 1. The molecule has 13 nitrogen and oxygen atoms in total. The summed E-state index contributed by atoms with van der Waals surface area (Å²) in [4.78, 5) is 65.3. The molecule has 14 heteroatoms. The molecular formula is C42H56N4O9S. The summed E-state index contributed by atoms with van der Waals surface area (Å²) in [5, 5.41) is 0.846. The number of fused-ring (bicyclic) bond motifs is 5. The molecule has 0 spiro atoms. The summed E-state index contributed by atoms with van der Waals surface area (Å²) in [7, 11) is -1.91. The van der Waals surface area contributed by atoms with Crippen LogP contribution in [0.1, 0.15) is 96.4 Å². The number of sulfonamides is 1. The van der Waals surface area contributed by atoms with Gasteiger partial charge in [0.15, 0.2) is 11.5 Å². The SMILES string of the molecule is [2H]C([2H])([2H])C(C)(C)OC(=O)C[C@@H]1C(=O)N2C[C@H](Oc3nccc4c5c(ccc34)N(C)CCO5)C[C@H]2C(=O)C[C@]2(C(=O)NS(=O)(=O)C3CC3)C[C@H]2/C=C\CC[C@H](C)C[C@H]1C. The van der Waals surface area contributed by atoms with Crippen LogP contribution in [0, 0.1) is 29.1 Å². The molecule has 5 aliphatic rings. The predicted octanol–water partition coefficient (Wildman–Crippen LogP) is 5.35. The number of amides is 2. The summed E-state index contributed by atoms with van der Waals surface area (Å²) in [6.07, 6.45) is 7.29. The van der Waals surface area contributed by atoms with Gasteiger partial charge >= 0.3 is 5.97 Å². The second-order valence-corrected chi connectivity index (χ2v) is 19.2. The van der Waals surface area contributed by atoms with Gasteiger partial charge in [0.25, 0.3) is 0 Å². The van der Waals surface area contributed by atoms with Crippen LogP contribution in [0.2, 0.25) is 0 Å². The third-order valence-electron chi connectivity index (χ3n) is 12.1. The van der Waals surface area contributed by atoms with Crippen LogP contribution in [0.5, 0.6) is 11.6 Å². The van der Waals surface area contributed by atoms with Crippen molar-refractivity contribution in [3.05, 3.63) is 36.5 Å². The van der Waals surface area contributed by atoms with Gasteiger partial charge in [0.1, 0.15) is 18.3 Å². The molecule has 1 aromatic carbocycles. The first-order valence-corrected chi connectivity index (χ1v) is 21.5. The molecule has 1 aromatic heterocycles. The molecule has 0 bridgehead atoms. The molecule has 2 amide bonds. The number of anilines is 1. The van der Waals surface area contributed by atoms with E-state index in [1.807, 2.05) is 44.3 Å². The van der Waals surface area contributed by atoms with Crippen molar-refractivity contribution in [3.8, 4) is 11.6 Å². The first-order valence-electron chi connectivity index (χ1n) is 21.4. The number of likely N-dealkylation sites (N-methyl/N-ethyl adjacent to an activating group) is 1. The van der Waals surface area contributed by atoms with Crippen LogP contribution in [-0.2, 0) is 33.9 Å². The van der Waals surface area contributed by atoms with Crippen LogP contribution < -0.4 is 19.1 Å². The van der Waals surface area contributed by atoms with Crippen LogP contribution in [-0.4, -0.2) is 91.6 Å². The van der Waals surface area contributed by atoms with Gasteiger partial charge in [-0.2, -0.15) is 0 Å². The van der Waals surface area contributed by atoms with Crippen LogP contribution in [0.4, 0.5) is 5.69 Å². The zero-order valence-corrected chi connectivity index (χ0v) is 33.7. The molecule has 7 rings (SSSR count). The Bertz CT molecular complexity index is 2140. The van der Waals surface area contributed by atoms with E-state index in [1.165, 1.54) is 18.7 Å². The van der Waals surface area contributed by atoms with Gasteiger partial charge in [-0.05, 0) is 95.2 Å². The number of hydrogen-bond donors (Lipinski definition) is 1. The number of rotatable bonds is 7. The summed E-state index contributed by atoms with van der Waals surface area (Å²) in [5.74, 6) is -3.06. The van der Waals surface area contributed by atoms with Crippen molar-refractivity contribution in [3.63, 3.8) is 0 Å². The smallest absolute Gasteiger partial charge is 0.307 e. The molecule has 4 heterocycles. The summed E-state index contributed by atoms with van der Waals surface area (Å²) in [6.45, 7) is 5.14. The number of ketones is 1. The van der Waals surface area contributed by atoms with E-state index in [0.29, 0.717) is 43.4 Å². The molecule has 2 saturated carbocycles. The van der Waals surface area contributed by atoms with Gasteiger partial charge in [0.2, 0.25) is 27.7 Å². The van der Waals surface area contributed by atoms with Crippen LogP contribution in [0.3, 0.4) is 0 Å². The highest BCUT2D eigenvalue weighted by molar-refractivity contribution is 7.90. The number of Topliss-reactive ketones (excluding diaryl/α,β-unsaturated/α-hetero) is 1. The first-order chi connectivity index (χ1) is 27.7. The maximum atomic E-state index is 15.0. The van der Waals surface area contributed by atoms with E-state index in [4.69, 9.17) is 18.3 Å². The Balaban J connectivity index is 1.23. The molecule has 1 N–H and O–H groups in total. The van der Waals surface area contributed by atoms with Crippen molar-refractivity contribution in [1.82, 2.24) is 14.6 Å². The largest absolute Gasteiger partial charge is 0.489 e. The lowest BCUT2D eigenvalue weighted by Crippen LogP contribution is -2.47. The third-order valence-corrected chi connectivity index (χ3v) is 13.9. The highest BCUT2D eigenvalue weighted by Crippen LogP contribution is 2.57. The van der Waals surface area contributed by atoms with Gasteiger partial charge in [-0.3, -0.25) is 23.9 Å². The van der Waals surface area contributed by atoms with Crippen LogP contribution in [0.15, 0.2) is 36.5 Å². The van der Waals surface area contributed by atoms with Crippen LogP contribution >= 0.6 is 0 Å². The molecule has 3 aliphatic heterocycles. The number of ether oxygens (including phenoxy) is 3. The quantitative estimate of drug-likeness (QED) is 0.284. The van der Waals surface area contributed by atoms with E-state index in [0.717, 1.165) is 24.0 Å². The number of esters is 1. The maximum Gasteiger partial charge on any atom is 0.307 e. The number of carbonyl (C=O) groups excluding carboxylic acids is 4. The summed E-state index contributed by atoms with van der Waals surface area (Å²) >= 11 is 0. The first kappa shape index (κ1) is 36.2. The number of aromatic nitrogens is 1. The van der Waals surface area contributed by atoms with Crippen molar-refractivity contribution < 1.29 is 45.9 Å². The fourth-order valence-electron chi connectivity index (χ4n) is 8.79. The lowest BCUT2D eigenvalue weighted by molar-refractivity contribution is -0.160. The van der Waals surface area contributed by atoms with Crippen molar-refractivity contribution in [2.75, 3.05) is 31.6 Å². The standard InChI is InChI=1S/C42H56N4O9S/c1-25-9-7-8-10-27-22-42(27,40(50)44-56(51,52)29-11-12-29)23-35(47)34-20-28(24-46(34)39(49)32(26(2)19-25)21-36(48)55-41(3,4)5)54-38-31-13-14-33-37(30(31)15-16-43-38)53-18-17-45(33)6/h8,10,13-16,25-29,32,34H,7,9,11-12,17-24H2,1-6H3,(H,44,50)/b10-8-/t25-,26+,27+,28+,32-,34-,42+/m0/s1/i3D3. The number of nitrogens with one attached hydrogen (secondary N) is 1. The van der Waals surface area contributed by atoms with Crippen molar-refractivity contribution in [2.24, 2.45) is 29.1 Å². The van der Waals surface area contributed by atoms with Crippen molar-refractivity contribution in [1.29, 1.82) is 0 Å². The Morgan fingerprint density at radius 1 is 1.12 bits per heavy atom. The fourth-order valence-corrected chi connectivity index (χ4v) is 10.2. The molecule has 1 saturated heterocycles. The summed E-state index contributed by atoms with van der Waals surface area (Å²) < 4.78 is 70.0. The minimum atomic E-state index is -3.90. The number of pyridine rings is 1. The normalized spacial score (nSPS) is 31.6. The monoisotopic (exact) mass is 795 g/mol. The fraction of sp³-hybridized carbons (Fsp3) is 0.643. The van der Waals surface area contributed by atoms with Gasteiger partial charge in [0.05, 0.1) is 47.8 Å². The number of hydrogen-bond acceptors (Lipinski definition) is 11. The summed E-state index contributed by atoms with van der Waals surface area (Å²) in [5.41, 5.74) is -2.19. The zero-order chi connectivity index (χ0) is 42.7. The Labute approximate surface area is 334 Å². The molecular weight excluding hydrogens is 737 g/mol. The van der Waals surface area contributed by atoms with Crippen LogP contribution in [0.25, 0.3) is 10.8 Å². The molecule has 304 valence electrons. The lowest BCUT2D eigenvalue weighted by atomic mass is 9.82. The highest BCUT2D eigenvalue weighted by atomic mass is 32.2. The Morgan fingerprint density at radius 2 is 1.91 bits per heavy atom. The predicted molar refractivity (Wildman–Crippen MR) is 211 cm³/mol.